The summed E-state index contributed by atoms with van der Waals surface area (Å²) < 4.78 is 30.9. The first kappa shape index (κ1) is 17.2. The second kappa shape index (κ2) is 7.18. The first-order chi connectivity index (χ1) is 13.1. The summed E-state index contributed by atoms with van der Waals surface area (Å²) in [5, 5.41) is 8.30. The summed E-state index contributed by atoms with van der Waals surface area (Å²) in [5.41, 5.74) is 2.56. The van der Waals surface area contributed by atoms with Crippen LogP contribution >= 0.6 is 0 Å². The molecule has 0 atom stereocenters. The van der Waals surface area contributed by atoms with E-state index in [1.807, 2.05) is 66.9 Å². The van der Waals surface area contributed by atoms with Crippen molar-refractivity contribution in [2.75, 3.05) is 0 Å². The lowest BCUT2D eigenvalue weighted by Crippen LogP contribution is -2.22. The van der Waals surface area contributed by atoms with E-state index in [1.165, 1.54) is 17.1 Å². The van der Waals surface area contributed by atoms with Crippen molar-refractivity contribution in [2.24, 2.45) is 0 Å². The van der Waals surface area contributed by atoms with Crippen molar-refractivity contribution in [1.82, 2.24) is 24.3 Å². The number of hydrogen-bond donors (Lipinski definition) is 1. The van der Waals surface area contributed by atoms with E-state index in [1.54, 1.807) is 10.9 Å². The van der Waals surface area contributed by atoms with Crippen LogP contribution in [0.25, 0.3) is 11.4 Å². The Hall–Kier alpha value is -3.23. The van der Waals surface area contributed by atoms with E-state index < -0.39 is 10.0 Å². The largest absolute Gasteiger partial charge is 0.244 e. The summed E-state index contributed by atoms with van der Waals surface area (Å²) in [4.78, 5) is 0.125. The number of rotatable bonds is 6. The summed E-state index contributed by atoms with van der Waals surface area (Å²) in [6.07, 6.45) is 6.40. The average molecular weight is 379 g/mol. The van der Waals surface area contributed by atoms with Crippen LogP contribution in [-0.4, -0.2) is 28.0 Å². The SMILES string of the molecule is O=S(=O)(NCc1ccc(-n2cccn2)cc1)c1cnn(-c2ccccc2)c1. The maximum absolute atomic E-state index is 12.5. The molecule has 2 aromatic carbocycles. The quantitative estimate of drug-likeness (QED) is 0.558. The van der Waals surface area contributed by atoms with Crippen LogP contribution in [0.3, 0.4) is 0 Å². The van der Waals surface area contributed by atoms with E-state index in [0.717, 1.165) is 16.9 Å². The molecule has 1 N–H and O–H groups in total. The molecule has 7 nitrogen and oxygen atoms in total. The Morgan fingerprint density at radius 2 is 1.59 bits per heavy atom. The van der Waals surface area contributed by atoms with Crippen LogP contribution in [0.15, 0.2) is 90.3 Å². The molecule has 8 heteroatoms. The fourth-order valence-corrected chi connectivity index (χ4v) is 3.56. The van der Waals surface area contributed by atoms with Crippen molar-refractivity contribution in [2.45, 2.75) is 11.4 Å². The second-order valence-electron chi connectivity index (χ2n) is 5.90. The zero-order chi connectivity index (χ0) is 18.7. The van der Waals surface area contributed by atoms with Crippen molar-refractivity contribution in [1.29, 1.82) is 0 Å². The van der Waals surface area contributed by atoms with E-state index in [-0.39, 0.29) is 11.4 Å². The molecule has 0 radical (unpaired) electrons. The zero-order valence-electron chi connectivity index (χ0n) is 14.3. The molecule has 2 aromatic heterocycles. The van der Waals surface area contributed by atoms with Crippen molar-refractivity contribution in [3.05, 3.63) is 91.0 Å². The first-order valence-electron chi connectivity index (χ1n) is 8.30. The van der Waals surface area contributed by atoms with Gasteiger partial charge in [-0.05, 0) is 35.9 Å². The number of hydrogen-bond acceptors (Lipinski definition) is 4. The number of benzene rings is 2. The van der Waals surface area contributed by atoms with Gasteiger partial charge in [0.25, 0.3) is 0 Å². The summed E-state index contributed by atoms with van der Waals surface area (Å²) in [7, 11) is -3.65. The van der Waals surface area contributed by atoms with Gasteiger partial charge < -0.3 is 0 Å². The monoisotopic (exact) mass is 379 g/mol. The number of para-hydroxylation sites is 1. The van der Waals surface area contributed by atoms with Gasteiger partial charge in [-0.25, -0.2) is 22.5 Å². The van der Waals surface area contributed by atoms with Crippen LogP contribution in [0.4, 0.5) is 0 Å². The third-order valence-corrected chi connectivity index (χ3v) is 5.42. The summed E-state index contributed by atoms with van der Waals surface area (Å²) in [6, 6.07) is 18.7. The Morgan fingerprint density at radius 3 is 2.30 bits per heavy atom. The average Bonchev–Trinajstić information content (AvgIpc) is 3.40. The zero-order valence-corrected chi connectivity index (χ0v) is 15.1. The lowest BCUT2D eigenvalue weighted by atomic mass is 10.2. The van der Waals surface area contributed by atoms with Crippen LogP contribution in [0.5, 0.6) is 0 Å². The van der Waals surface area contributed by atoms with Crippen molar-refractivity contribution in [3.8, 4) is 11.4 Å². The molecular formula is C19H17N5O2S. The van der Waals surface area contributed by atoms with Gasteiger partial charge in [0.1, 0.15) is 4.90 Å². The normalized spacial score (nSPS) is 11.6. The highest BCUT2D eigenvalue weighted by Crippen LogP contribution is 2.13. The fraction of sp³-hybridized carbons (Fsp3) is 0.0526. The third-order valence-electron chi connectivity index (χ3n) is 4.06. The smallest absolute Gasteiger partial charge is 0.241 e. The summed E-state index contributed by atoms with van der Waals surface area (Å²) in [6.45, 7) is 0.193. The van der Waals surface area contributed by atoms with E-state index in [0.29, 0.717) is 0 Å². The second-order valence-corrected chi connectivity index (χ2v) is 7.66. The fourth-order valence-electron chi connectivity index (χ4n) is 2.62. The van der Waals surface area contributed by atoms with Crippen molar-refractivity contribution >= 4 is 10.0 Å². The number of aromatic nitrogens is 4. The van der Waals surface area contributed by atoms with Gasteiger partial charge in [0.2, 0.25) is 10.0 Å². The van der Waals surface area contributed by atoms with Gasteiger partial charge in [-0.2, -0.15) is 10.2 Å². The molecule has 0 bridgehead atoms. The van der Waals surface area contributed by atoms with Gasteiger partial charge in [-0.3, -0.25) is 0 Å². The maximum Gasteiger partial charge on any atom is 0.244 e. The molecule has 0 aliphatic heterocycles. The summed E-state index contributed by atoms with van der Waals surface area (Å²) >= 11 is 0. The topological polar surface area (TPSA) is 81.8 Å². The number of nitrogens with zero attached hydrogens (tertiary/aromatic N) is 4. The van der Waals surface area contributed by atoms with E-state index in [9.17, 15) is 8.42 Å². The van der Waals surface area contributed by atoms with Gasteiger partial charge in [-0.1, -0.05) is 30.3 Å². The molecule has 0 unspecified atom stereocenters. The van der Waals surface area contributed by atoms with Crippen LogP contribution in [-0.2, 0) is 16.6 Å². The van der Waals surface area contributed by atoms with Gasteiger partial charge in [0.05, 0.1) is 23.8 Å². The molecule has 0 saturated carbocycles. The minimum Gasteiger partial charge on any atom is -0.241 e. The Labute approximate surface area is 156 Å². The Kier molecular flexibility index (Phi) is 4.57. The number of sulfonamides is 1. The molecule has 0 aliphatic rings. The molecule has 0 amide bonds. The molecule has 4 rings (SSSR count). The van der Waals surface area contributed by atoms with Gasteiger partial charge in [0.15, 0.2) is 0 Å². The minimum atomic E-state index is -3.65. The standard InChI is InChI=1S/C19H17N5O2S/c25-27(26,19-14-21-24(15-19)17-5-2-1-3-6-17)22-13-16-7-9-18(10-8-16)23-12-4-11-20-23/h1-12,14-15,22H,13H2. The third kappa shape index (κ3) is 3.81. The van der Waals surface area contributed by atoms with Crippen LogP contribution in [0.2, 0.25) is 0 Å². The minimum absolute atomic E-state index is 0.125. The molecule has 2 heterocycles. The Bertz CT molecular complexity index is 1120. The Balaban J connectivity index is 1.45. The lowest BCUT2D eigenvalue weighted by Gasteiger charge is -2.06. The summed E-state index contributed by atoms with van der Waals surface area (Å²) in [5.74, 6) is 0. The predicted molar refractivity (Wildman–Crippen MR) is 101 cm³/mol. The van der Waals surface area contributed by atoms with Crippen LogP contribution < -0.4 is 4.72 Å². The van der Waals surface area contributed by atoms with Crippen LogP contribution in [0, 0.1) is 0 Å². The van der Waals surface area contributed by atoms with Crippen LogP contribution in [0.1, 0.15) is 5.56 Å². The first-order valence-corrected chi connectivity index (χ1v) is 9.79. The molecule has 4 aromatic rings. The molecule has 136 valence electrons. The molecule has 0 saturated heterocycles. The molecular weight excluding hydrogens is 362 g/mol. The van der Waals surface area contributed by atoms with E-state index >= 15 is 0 Å². The van der Waals surface area contributed by atoms with E-state index in [4.69, 9.17) is 0 Å². The highest BCUT2D eigenvalue weighted by atomic mass is 32.2. The Morgan fingerprint density at radius 1 is 0.852 bits per heavy atom. The highest BCUT2D eigenvalue weighted by Gasteiger charge is 2.16. The molecule has 0 aliphatic carbocycles. The molecule has 0 fully saturated rings. The highest BCUT2D eigenvalue weighted by molar-refractivity contribution is 7.89. The number of nitrogens with one attached hydrogen (secondary N) is 1. The predicted octanol–water partition coefficient (Wildman–Crippen LogP) is 2.54. The van der Waals surface area contributed by atoms with Gasteiger partial charge in [0, 0.05) is 18.9 Å². The van der Waals surface area contributed by atoms with Crippen molar-refractivity contribution in [3.63, 3.8) is 0 Å². The van der Waals surface area contributed by atoms with Gasteiger partial charge in [-0.15, -0.1) is 0 Å². The van der Waals surface area contributed by atoms with E-state index in [2.05, 4.69) is 14.9 Å². The van der Waals surface area contributed by atoms with Gasteiger partial charge >= 0.3 is 0 Å². The van der Waals surface area contributed by atoms with Crippen molar-refractivity contribution < 1.29 is 8.42 Å². The maximum atomic E-state index is 12.5. The molecule has 27 heavy (non-hydrogen) atoms. The molecule has 0 spiro atoms. The lowest BCUT2D eigenvalue weighted by molar-refractivity contribution is 0.581.